The largest absolute Gasteiger partial charge is 0.493 e. The number of carbonyl (C=O) groups excluding carboxylic acids is 2. The Morgan fingerprint density at radius 1 is 0.944 bits per heavy atom. The first-order chi connectivity index (χ1) is 17.2. The molecule has 188 valence electrons. The van der Waals surface area contributed by atoms with Gasteiger partial charge in [0.15, 0.2) is 23.1 Å². The minimum absolute atomic E-state index is 0.0262. The van der Waals surface area contributed by atoms with E-state index in [4.69, 9.17) is 20.5 Å². The molecule has 3 aliphatic rings. The number of nitrogens with one attached hydrogen (secondary N) is 1. The average Bonchev–Trinajstić information content (AvgIpc) is 2.84. The SMILES string of the molecule is COc1cc(C2C3=C(CCCC3=O)NC3=C2C(=O)CCC3)cc(I)c1OS(=O)(=O)c1ccc(Cl)cc1. The third kappa shape index (κ3) is 4.56. The lowest BCUT2D eigenvalue weighted by Gasteiger charge is -2.37. The third-order valence-electron chi connectivity index (χ3n) is 6.67. The van der Waals surface area contributed by atoms with Gasteiger partial charge in [-0.25, -0.2) is 0 Å². The van der Waals surface area contributed by atoms with E-state index in [9.17, 15) is 18.0 Å². The van der Waals surface area contributed by atoms with Crippen molar-refractivity contribution in [2.45, 2.75) is 49.3 Å². The van der Waals surface area contributed by atoms with Crippen LogP contribution < -0.4 is 14.2 Å². The fourth-order valence-electron chi connectivity index (χ4n) is 5.06. The van der Waals surface area contributed by atoms with E-state index >= 15 is 0 Å². The number of methoxy groups -OCH3 is 1. The number of ether oxygens (including phenoxy) is 1. The van der Waals surface area contributed by atoms with Crippen LogP contribution >= 0.6 is 34.2 Å². The highest BCUT2D eigenvalue weighted by atomic mass is 127. The maximum Gasteiger partial charge on any atom is 0.339 e. The molecular formula is C26H23ClINO6S. The van der Waals surface area contributed by atoms with Crippen molar-refractivity contribution in [3.8, 4) is 11.5 Å². The lowest BCUT2D eigenvalue weighted by molar-refractivity contribution is -0.117. The zero-order valence-corrected chi connectivity index (χ0v) is 23.1. The average molecular weight is 640 g/mol. The number of rotatable bonds is 5. The number of allylic oxidation sites excluding steroid dienone is 4. The Balaban J connectivity index is 1.61. The molecule has 0 atom stereocenters. The zero-order chi connectivity index (χ0) is 25.6. The number of carbonyl (C=O) groups is 2. The first-order valence-electron chi connectivity index (χ1n) is 11.6. The van der Waals surface area contributed by atoms with Gasteiger partial charge in [-0.05, 0) is 90.2 Å². The molecule has 2 aromatic carbocycles. The summed E-state index contributed by atoms with van der Waals surface area (Å²) in [6.45, 7) is 0. The minimum Gasteiger partial charge on any atom is -0.493 e. The maximum absolute atomic E-state index is 13.1. The molecule has 2 aliphatic carbocycles. The highest BCUT2D eigenvalue weighted by Crippen LogP contribution is 2.47. The summed E-state index contributed by atoms with van der Waals surface area (Å²) in [5, 5.41) is 3.80. The van der Waals surface area contributed by atoms with Gasteiger partial charge in [-0.2, -0.15) is 8.42 Å². The summed E-state index contributed by atoms with van der Waals surface area (Å²) in [6.07, 6.45) is 3.90. The minimum atomic E-state index is -4.16. The molecular weight excluding hydrogens is 617 g/mol. The van der Waals surface area contributed by atoms with Gasteiger partial charge in [-0.15, -0.1) is 0 Å². The third-order valence-corrected chi connectivity index (χ3v) is 8.96. The van der Waals surface area contributed by atoms with Crippen LogP contribution in [-0.4, -0.2) is 27.1 Å². The van der Waals surface area contributed by atoms with Crippen LogP contribution in [0.5, 0.6) is 11.5 Å². The van der Waals surface area contributed by atoms with Gasteiger partial charge in [-0.1, -0.05) is 11.6 Å². The molecule has 10 heteroatoms. The van der Waals surface area contributed by atoms with Crippen LogP contribution in [0.15, 0.2) is 63.8 Å². The number of halogens is 2. The van der Waals surface area contributed by atoms with Crippen LogP contribution in [0.2, 0.25) is 5.02 Å². The topological polar surface area (TPSA) is 98.8 Å². The van der Waals surface area contributed by atoms with Crippen molar-refractivity contribution >= 4 is 55.9 Å². The van der Waals surface area contributed by atoms with Crippen LogP contribution in [0.3, 0.4) is 0 Å². The van der Waals surface area contributed by atoms with Gasteiger partial charge < -0.3 is 14.2 Å². The molecule has 7 nitrogen and oxygen atoms in total. The molecule has 0 saturated heterocycles. The van der Waals surface area contributed by atoms with E-state index in [0.29, 0.717) is 38.1 Å². The van der Waals surface area contributed by atoms with Gasteiger partial charge in [0.25, 0.3) is 0 Å². The van der Waals surface area contributed by atoms with Crippen LogP contribution in [0.4, 0.5) is 0 Å². The molecule has 0 bridgehead atoms. The van der Waals surface area contributed by atoms with E-state index in [0.717, 1.165) is 37.1 Å². The van der Waals surface area contributed by atoms with E-state index in [1.54, 1.807) is 12.1 Å². The molecule has 1 N–H and O–H groups in total. The van der Waals surface area contributed by atoms with Gasteiger partial charge in [0.05, 0.1) is 10.7 Å². The van der Waals surface area contributed by atoms with Gasteiger partial charge in [0.1, 0.15) is 4.90 Å². The molecule has 0 aromatic heterocycles. The molecule has 0 saturated carbocycles. The Kier molecular flexibility index (Phi) is 6.90. The second kappa shape index (κ2) is 9.83. The van der Waals surface area contributed by atoms with Gasteiger partial charge in [-0.3, -0.25) is 9.59 Å². The lowest BCUT2D eigenvalue weighted by Crippen LogP contribution is -2.36. The normalized spacial score (nSPS) is 18.5. The monoisotopic (exact) mass is 639 g/mol. The lowest BCUT2D eigenvalue weighted by atomic mass is 9.71. The molecule has 1 aliphatic heterocycles. The second-order valence-electron chi connectivity index (χ2n) is 8.92. The number of dihydropyridines is 1. The van der Waals surface area contributed by atoms with Gasteiger partial charge >= 0.3 is 10.1 Å². The Hall–Kier alpha value is -2.37. The van der Waals surface area contributed by atoms with Crippen LogP contribution in [0, 0.1) is 3.57 Å². The van der Waals surface area contributed by atoms with Crippen molar-refractivity contribution in [1.29, 1.82) is 0 Å². The molecule has 0 fully saturated rings. The first kappa shape index (κ1) is 25.3. The number of hydrogen-bond donors (Lipinski definition) is 1. The van der Waals surface area contributed by atoms with E-state index in [-0.39, 0.29) is 28.0 Å². The van der Waals surface area contributed by atoms with E-state index in [1.165, 1.54) is 31.4 Å². The molecule has 0 radical (unpaired) electrons. The Morgan fingerprint density at radius 2 is 1.53 bits per heavy atom. The zero-order valence-electron chi connectivity index (χ0n) is 19.4. The van der Waals surface area contributed by atoms with E-state index in [2.05, 4.69) is 5.32 Å². The maximum atomic E-state index is 13.1. The van der Waals surface area contributed by atoms with Crippen LogP contribution in [-0.2, 0) is 19.7 Å². The number of benzene rings is 2. The van der Waals surface area contributed by atoms with E-state index < -0.39 is 16.0 Å². The smallest absolute Gasteiger partial charge is 0.339 e. The number of hydrogen-bond acceptors (Lipinski definition) is 7. The Bertz CT molecular complexity index is 1400. The van der Waals surface area contributed by atoms with Crippen molar-refractivity contribution in [3.63, 3.8) is 0 Å². The number of ketones is 2. The van der Waals surface area contributed by atoms with Crippen LogP contribution in [0.1, 0.15) is 50.0 Å². The Morgan fingerprint density at radius 3 is 2.08 bits per heavy atom. The van der Waals surface area contributed by atoms with Gasteiger partial charge in [0.2, 0.25) is 0 Å². The highest BCUT2D eigenvalue weighted by molar-refractivity contribution is 14.1. The Labute approximate surface area is 228 Å². The summed E-state index contributed by atoms with van der Waals surface area (Å²) >= 11 is 7.88. The van der Waals surface area contributed by atoms with Crippen molar-refractivity contribution in [2.24, 2.45) is 0 Å². The van der Waals surface area contributed by atoms with Crippen molar-refractivity contribution in [3.05, 3.63) is 73.1 Å². The summed E-state index contributed by atoms with van der Waals surface area (Å²) in [5.41, 5.74) is 3.69. The van der Waals surface area contributed by atoms with E-state index in [1.807, 2.05) is 22.6 Å². The van der Waals surface area contributed by atoms with Crippen molar-refractivity contribution in [2.75, 3.05) is 7.11 Å². The first-order valence-corrected chi connectivity index (χ1v) is 14.4. The predicted molar refractivity (Wildman–Crippen MR) is 143 cm³/mol. The number of Topliss-reactive ketones (excluding diaryl/α,β-unsaturated/α-hetero) is 2. The quantitative estimate of drug-likeness (QED) is 0.345. The fraction of sp³-hybridized carbons (Fsp3) is 0.308. The molecule has 0 unspecified atom stereocenters. The standard InChI is InChI=1S/C26H23ClINO6S/c1-34-22-13-14(12-17(28)26(22)35-36(32,33)16-10-8-15(27)9-11-16)23-24-18(4-2-6-20(24)30)29-19-5-3-7-21(31)25(19)23/h8-13,23,29H,2-7H2,1H3. The predicted octanol–water partition coefficient (Wildman–Crippen LogP) is 5.42. The second-order valence-corrected chi connectivity index (χ2v) is 12.1. The van der Waals surface area contributed by atoms with Crippen molar-refractivity contribution in [1.82, 2.24) is 5.32 Å². The molecule has 2 aromatic rings. The molecule has 0 amide bonds. The summed E-state index contributed by atoms with van der Waals surface area (Å²) < 4.78 is 37.4. The fourth-order valence-corrected chi connectivity index (χ4v) is 7.03. The summed E-state index contributed by atoms with van der Waals surface area (Å²) in [4.78, 5) is 26.1. The molecule has 5 rings (SSSR count). The van der Waals surface area contributed by atoms with Gasteiger partial charge in [0, 0.05) is 46.3 Å². The molecule has 36 heavy (non-hydrogen) atoms. The molecule has 1 heterocycles. The summed E-state index contributed by atoms with van der Waals surface area (Å²) in [6, 6.07) is 9.12. The summed E-state index contributed by atoms with van der Waals surface area (Å²) in [7, 11) is -2.74. The summed E-state index contributed by atoms with van der Waals surface area (Å²) in [5.74, 6) is -0.236. The highest BCUT2D eigenvalue weighted by Gasteiger charge is 2.40. The van der Waals surface area contributed by atoms with Crippen LogP contribution in [0.25, 0.3) is 0 Å². The van der Waals surface area contributed by atoms with Crippen molar-refractivity contribution < 1.29 is 26.9 Å². The molecule has 0 spiro atoms.